The molecule has 4 aromatic rings. The fourth-order valence-electron chi connectivity index (χ4n) is 2.85. The first-order valence-corrected chi connectivity index (χ1v) is 8.52. The molecule has 0 saturated carbocycles. The van der Waals surface area contributed by atoms with Gasteiger partial charge in [0, 0.05) is 18.3 Å². The van der Waals surface area contributed by atoms with Crippen LogP contribution in [0.3, 0.4) is 0 Å². The van der Waals surface area contributed by atoms with Crippen LogP contribution in [0.15, 0.2) is 60.8 Å². The second-order valence-corrected chi connectivity index (χ2v) is 6.13. The minimum Gasteiger partial charge on any atom is -0.340 e. The van der Waals surface area contributed by atoms with Gasteiger partial charge in [-0.3, -0.25) is 4.79 Å². The molecule has 0 saturated heterocycles. The summed E-state index contributed by atoms with van der Waals surface area (Å²) in [6, 6.07) is 17.3. The number of rotatable bonds is 4. The van der Waals surface area contributed by atoms with E-state index in [9.17, 15) is 4.79 Å². The molecule has 7 heteroatoms. The Kier molecular flexibility index (Phi) is 4.25. The lowest BCUT2D eigenvalue weighted by Crippen LogP contribution is -2.05. The van der Waals surface area contributed by atoms with Crippen molar-refractivity contribution in [2.75, 3.05) is 10.6 Å². The fraction of sp³-hybridized carbons (Fsp3) is 0.100. The lowest BCUT2D eigenvalue weighted by Gasteiger charge is -2.09. The number of fused-ring (bicyclic) bond motifs is 1. The van der Waals surface area contributed by atoms with Crippen LogP contribution in [-0.2, 0) is 4.79 Å². The summed E-state index contributed by atoms with van der Waals surface area (Å²) < 4.78 is 1.80. The molecular weight excluding hydrogens is 340 g/mol. The van der Waals surface area contributed by atoms with E-state index < -0.39 is 0 Å². The second-order valence-electron chi connectivity index (χ2n) is 6.13. The maximum atomic E-state index is 11.1. The largest absolute Gasteiger partial charge is 0.340 e. The Labute approximate surface area is 156 Å². The Bertz CT molecular complexity index is 1100. The monoisotopic (exact) mass is 358 g/mol. The highest BCUT2D eigenvalue weighted by Crippen LogP contribution is 2.26. The van der Waals surface area contributed by atoms with Crippen molar-refractivity contribution in [3.05, 3.63) is 66.6 Å². The van der Waals surface area contributed by atoms with Gasteiger partial charge in [0.1, 0.15) is 11.6 Å². The number of para-hydroxylation sites is 1. The predicted molar refractivity (Wildman–Crippen MR) is 105 cm³/mol. The number of amides is 1. The van der Waals surface area contributed by atoms with Crippen LogP contribution in [0.5, 0.6) is 0 Å². The van der Waals surface area contributed by atoms with Gasteiger partial charge in [0.25, 0.3) is 0 Å². The van der Waals surface area contributed by atoms with E-state index in [-0.39, 0.29) is 5.91 Å². The number of aromatic nitrogens is 4. The number of nitrogens with one attached hydrogen (secondary N) is 2. The Morgan fingerprint density at radius 3 is 2.37 bits per heavy atom. The molecule has 0 spiro atoms. The van der Waals surface area contributed by atoms with Crippen molar-refractivity contribution in [2.45, 2.75) is 13.8 Å². The average molecular weight is 358 g/mol. The molecular formula is C20H18N6O. The minimum absolute atomic E-state index is 0.0998. The van der Waals surface area contributed by atoms with Crippen LogP contribution in [-0.4, -0.2) is 25.7 Å². The Morgan fingerprint density at radius 2 is 1.67 bits per heavy atom. The SMILES string of the molecule is CC(=O)Nc1ccc(Nc2nc(C)nc3c2cnn3-c2ccccc2)cc1. The Balaban J connectivity index is 1.70. The molecule has 2 heterocycles. The van der Waals surface area contributed by atoms with E-state index in [4.69, 9.17) is 0 Å². The zero-order valence-electron chi connectivity index (χ0n) is 15.0. The van der Waals surface area contributed by atoms with Gasteiger partial charge in [0.05, 0.1) is 17.3 Å². The first-order valence-electron chi connectivity index (χ1n) is 8.52. The van der Waals surface area contributed by atoms with Crippen molar-refractivity contribution < 1.29 is 4.79 Å². The highest BCUT2D eigenvalue weighted by molar-refractivity contribution is 5.90. The van der Waals surface area contributed by atoms with Crippen molar-refractivity contribution in [2.24, 2.45) is 0 Å². The highest BCUT2D eigenvalue weighted by Gasteiger charge is 2.13. The standard InChI is InChI=1S/C20H18N6O/c1-13-22-19(25-16-10-8-15(9-11-16)24-14(2)27)18-12-21-26(20(18)23-13)17-6-4-3-5-7-17/h3-12H,1-2H3,(H,24,27)(H,22,23,25). The number of carbonyl (C=O) groups is 1. The number of anilines is 3. The summed E-state index contributed by atoms with van der Waals surface area (Å²) in [4.78, 5) is 20.2. The van der Waals surface area contributed by atoms with Crippen LogP contribution in [0.25, 0.3) is 16.7 Å². The third kappa shape index (κ3) is 3.48. The molecule has 2 N–H and O–H groups in total. The van der Waals surface area contributed by atoms with E-state index in [1.165, 1.54) is 6.92 Å². The first kappa shape index (κ1) is 16.7. The molecule has 2 aromatic carbocycles. The van der Waals surface area contributed by atoms with Gasteiger partial charge in [-0.1, -0.05) is 18.2 Å². The van der Waals surface area contributed by atoms with Crippen molar-refractivity contribution in [1.29, 1.82) is 0 Å². The quantitative estimate of drug-likeness (QED) is 0.579. The summed E-state index contributed by atoms with van der Waals surface area (Å²) in [5.74, 6) is 1.24. The van der Waals surface area contributed by atoms with Crippen LogP contribution in [0.2, 0.25) is 0 Å². The van der Waals surface area contributed by atoms with E-state index in [1.54, 1.807) is 10.9 Å². The first-order chi connectivity index (χ1) is 13.1. The van der Waals surface area contributed by atoms with Gasteiger partial charge in [0.2, 0.25) is 5.91 Å². The molecule has 2 aromatic heterocycles. The summed E-state index contributed by atoms with van der Waals surface area (Å²) in [5, 5.41) is 11.4. The number of hydrogen-bond acceptors (Lipinski definition) is 5. The third-order valence-corrected chi connectivity index (χ3v) is 4.01. The van der Waals surface area contributed by atoms with E-state index >= 15 is 0 Å². The van der Waals surface area contributed by atoms with Gasteiger partial charge in [-0.2, -0.15) is 5.10 Å². The molecule has 134 valence electrons. The van der Waals surface area contributed by atoms with Crippen LogP contribution in [0, 0.1) is 6.92 Å². The zero-order valence-corrected chi connectivity index (χ0v) is 15.0. The van der Waals surface area contributed by atoms with E-state index in [1.807, 2.05) is 61.5 Å². The van der Waals surface area contributed by atoms with Crippen molar-refractivity contribution >= 4 is 34.1 Å². The van der Waals surface area contributed by atoms with Gasteiger partial charge in [-0.25, -0.2) is 14.6 Å². The maximum Gasteiger partial charge on any atom is 0.221 e. The number of benzene rings is 2. The summed E-state index contributed by atoms with van der Waals surface area (Å²) in [6.45, 7) is 3.34. The summed E-state index contributed by atoms with van der Waals surface area (Å²) in [5.41, 5.74) is 3.28. The van der Waals surface area contributed by atoms with Crippen LogP contribution >= 0.6 is 0 Å². The van der Waals surface area contributed by atoms with Crippen LogP contribution < -0.4 is 10.6 Å². The minimum atomic E-state index is -0.0998. The van der Waals surface area contributed by atoms with Crippen molar-refractivity contribution in [3.8, 4) is 5.69 Å². The molecule has 0 bridgehead atoms. The molecule has 7 nitrogen and oxygen atoms in total. The summed E-state index contributed by atoms with van der Waals surface area (Å²) in [6.07, 6.45) is 1.76. The molecule has 0 aliphatic heterocycles. The van der Waals surface area contributed by atoms with Crippen LogP contribution in [0.4, 0.5) is 17.2 Å². The van der Waals surface area contributed by atoms with E-state index in [0.717, 1.165) is 28.1 Å². The normalized spacial score (nSPS) is 10.7. The Morgan fingerprint density at radius 1 is 0.963 bits per heavy atom. The number of carbonyl (C=O) groups excluding carboxylic acids is 1. The second kappa shape index (κ2) is 6.87. The highest BCUT2D eigenvalue weighted by atomic mass is 16.1. The number of hydrogen-bond donors (Lipinski definition) is 2. The molecule has 0 radical (unpaired) electrons. The zero-order chi connectivity index (χ0) is 18.8. The number of nitrogens with zero attached hydrogens (tertiary/aromatic N) is 4. The summed E-state index contributed by atoms with van der Waals surface area (Å²) >= 11 is 0. The molecule has 0 aliphatic rings. The maximum absolute atomic E-state index is 11.1. The van der Waals surface area contributed by atoms with Crippen LogP contribution in [0.1, 0.15) is 12.7 Å². The molecule has 0 fully saturated rings. The van der Waals surface area contributed by atoms with Crippen molar-refractivity contribution in [3.63, 3.8) is 0 Å². The molecule has 0 atom stereocenters. The van der Waals surface area contributed by atoms with Gasteiger partial charge in [-0.15, -0.1) is 0 Å². The van der Waals surface area contributed by atoms with E-state index in [0.29, 0.717) is 11.6 Å². The average Bonchev–Trinajstić information content (AvgIpc) is 3.07. The van der Waals surface area contributed by atoms with Gasteiger partial charge < -0.3 is 10.6 Å². The lowest BCUT2D eigenvalue weighted by molar-refractivity contribution is -0.114. The van der Waals surface area contributed by atoms with Gasteiger partial charge >= 0.3 is 0 Å². The van der Waals surface area contributed by atoms with Gasteiger partial charge in [0.15, 0.2) is 5.65 Å². The summed E-state index contributed by atoms with van der Waals surface area (Å²) in [7, 11) is 0. The third-order valence-electron chi connectivity index (χ3n) is 4.01. The molecule has 0 unspecified atom stereocenters. The smallest absolute Gasteiger partial charge is 0.221 e. The lowest BCUT2D eigenvalue weighted by atomic mass is 10.2. The topological polar surface area (TPSA) is 84.7 Å². The van der Waals surface area contributed by atoms with E-state index in [2.05, 4.69) is 25.7 Å². The Hall–Kier alpha value is -3.74. The molecule has 27 heavy (non-hydrogen) atoms. The fourth-order valence-corrected chi connectivity index (χ4v) is 2.85. The van der Waals surface area contributed by atoms with Gasteiger partial charge in [-0.05, 0) is 43.3 Å². The number of aryl methyl sites for hydroxylation is 1. The molecule has 0 aliphatic carbocycles. The predicted octanol–water partition coefficient (Wildman–Crippen LogP) is 3.83. The van der Waals surface area contributed by atoms with Crippen molar-refractivity contribution in [1.82, 2.24) is 19.7 Å². The molecule has 4 rings (SSSR count). The molecule has 1 amide bonds.